The van der Waals surface area contributed by atoms with Gasteiger partial charge in [0.05, 0.1) is 11.7 Å². The van der Waals surface area contributed by atoms with Crippen molar-refractivity contribution < 1.29 is 0 Å². The lowest BCUT2D eigenvalue weighted by Crippen LogP contribution is -2.26. The van der Waals surface area contributed by atoms with Crippen LogP contribution in [0.5, 0.6) is 0 Å². The first-order valence-electron chi connectivity index (χ1n) is 6.73. The largest absolute Gasteiger partial charge is 0.305 e. The number of nitrogens with zero attached hydrogens (tertiary/aromatic N) is 2. The summed E-state index contributed by atoms with van der Waals surface area (Å²) >= 11 is 0. The maximum absolute atomic E-state index is 4.29. The molecule has 1 unspecified atom stereocenters. The minimum absolute atomic E-state index is 0.364. The molecule has 3 nitrogen and oxygen atoms in total. The van der Waals surface area contributed by atoms with Crippen molar-refractivity contribution in [2.24, 2.45) is 7.05 Å². The van der Waals surface area contributed by atoms with Crippen molar-refractivity contribution in [1.82, 2.24) is 15.1 Å². The summed E-state index contributed by atoms with van der Waals surface area (Å²) in [6.07, 6.45) is 10.6. The number of rotatable bonds is 5. The number of allylic oxidation sites excluding steroid dienone is 1. The van der Waals surface area contributed by atoms with Crippen molar-refractivity contribution in [2.45, 2.75) is 45.1 Å². The van der Waals surface area contributed by atoms with E-state index in [-0.39, 0.29) is 0 Å². The number of nitrogens with one attached hydrogen (secondary N) is 1. The van der Waals surface area contributed by atoms with Gasteiger partial charge in [-0.3, -0.25) is 4.68 Å². The summed E-state index contributed by atoms with van der Waals surface area (Å²) in [5.41, 5.74) is 2.83. The van der Waals surface area contributed by atoms with Gasteiger partial charge in [0.1, 0.15) is 0 Å². The Kier molecular flexibility index (Phi) is 4.37. The van der Waals surface area contributed by atoms with Crippen LogP contribution in [0.1, 0.15) is 50.8 Å². The van der Waals surface area contributed by atoms with Crippen LogP contribution >= 0.6 is 0 Å². The lowest BCUT2D eigenvalue weighted by Gasteiger charge is -2.24. The van der Waals surface area contributed by atoms with Gasteiger partial charge in [-0.1, -0.05) is 18.6 Å². The molecule has 0 saturated heterocycles. The van der Waals surface area contributed by atoms with Crippen LogP contribution in [-0.2, 0) is 7.05 Å². The van der Waals surface area contributed by atoms with Crippen LogP contribution in [0.4, 0.5) is 0 Å². The number of aryl methyl sites for hydroxylation is 1. The third kappa shape index (κ3) is 2.97. The van der Waals surface area contributed by atoms with Crippen LogP contribution in [0.25, 0.3) is 0 Å². The summed E-state index contributed by atoms with van der Waals surface area (Å²) in [4.78, 5) is 0. The summed E-state index contributed by atoms with van der Waals surface area (Å²) < 4.78 is 1.99. The van der Waals surface area contributed by atoms with Crippen molar-refractivity contribution >= 4 is 0 Å². The summed E-state index contributed by atoms with van der Waals surface area (Å²) in [6, 6.07) is 2.49. The van der Waals surface area contributed by atoms with E-state index in [4.69, 9.17) is 0 Å². The van der Waals surface area contributed by atoms with Crippen molar-refractivity contribution in [1.29, 1.82) is 0 Å². The molecule has 1 aliphatic rings. The first-order chi connectivity index (χ1) is 8.33. The Balaban J connectivity index is 2.18. The number of aromatic nitrogens is 2. The predicted octanol–water partition coefficient (Wildman–Crippen LogP) is 2.96. The van der Waals surface area contributed by atoms with E-state index in [1.165, 1.54) is 37.8 Å². The Morgan fingerprint density at radius 1 is 1.47 bits per heavy atom. The minimum atomic E-state index is 0.364. The Labute approximate surface area is 104 Å². The second-order valence-corrected chi connectivity index (χ2v) is 4.79. The second-order valence-electron chi connectivity index (χ2n) is 4.79. The molecule has 0 bridgehead atoms. The highest BCUT2D eigenvalue weighted by Crippen LogP contribution is 2.29. The molecule has 1 aliphatic carbocycles. The first-order valence-corrected chi connectivity index (χ1v) is 6.73. The highest BCUT2D eigenvalue weighted by Gasteiger charge is 2.19. The third-order valence-corrected chi connectivity index (χ3v) is 3.45. The molecule has 0 spiro atoms. The Bertz CT molecular complexity index is 379. The van der Waals surface area contributed by atoms with Crippen molar-refractivity contribution in [3.8, 4) is 0 Å². The third-order valence-electron chi connectivity index (χ3n) is 3.45. The van der Waals surface area contributed by atoms with Gasteiger partial charge in [-0.05, 0) is 44.7 Å². The molecule has 1 N–H and O–H groups in total. The van der Waals surface area contributed by atoms with Gasteiger partial charge in [-0.15, -0.1) is 0 Å². The molecule has 1 heterocycles. The average Bonchev–Trinajstić information content (AvgIpc) is 2.78. The van der Waals surface area contributed by atoms with Crippen molar-refractivity contribution in [3.63, 3.8) is 0 Å². The molecule has 0 saturated carbocycles. The van der Waals surface area contributed by atoms with Crippen LogP contribution in [0.15, 0.2) is 23.9 Å². The molecular formula is C14H23N3. The van der Waals surface area contributed by atoms with E-state index in [0.717, 1.165) is 6.54 Å². The summed E-state index contributed by atoms with van der Waals surface area (Å²) in [7, 11) is 2.03. The van der Waals surface area contributed by atoms with Crippen LogP contribution in [0, 0.1) is 0 Å². The fourth-order valence-electron chi connectivity index (χ4n) is 2.51. The van der Waals surface area contributed by atoms with Crippen molar-refractivity contribution in [3.05, 3.63) is 29.6 Å². The summed E-state index contributed by atoms with van der Waals surface area (Å²) in [5, 5.41) is 7.94. The van der Waals surface area contributed by atoms with Gasteiger partial charge in [0.15, 0.2) is 0 Å². The zero-order valence-electron chi connectivity index (χ0n) is 10.9. The molecular weight excluding hydrogens is 210 g/mol. The van der Waals surface area contributed by atoms with Gasteiger partial charge in [0, 0.05) is 13.2 Å². The maximum Gasteiger partial charge on any atom is 0.0707 e. The van der Waals surface area contributed by atoms with E-state index in [1.54, 1.807) is 5.57 Å². The van der Waals surface area contributed by atoms with Crippen molar-refractivity contribution in [2.75, 3.05) is 6.54 Å². The molecule has 0 fully saturated rings. The number of hydrogen-bond donors (Lipinski definition) is 1. The Hall–Kier alpha value is -1.09. The molecule has 0 amide bonds. The molecule has 0 aliphatic heterocycles. The van der Waals surface area contributed by atoms with Gasteiger partial charge in [0.25, 0.3) is 0 Å². The predicted molar refractivity (Wildman–Crippen MR) is 70.8 cm³/mol. The monoisotopic (exact) mass is 233 g/mol. The van der Waals surface area contributed by atoms with Crippen LogP contribution in [-0.4, -0.2) is 16.3 Å². The van der Waals surface area contributed by atoms with Gasteiger partial charge in [-0.2, -0.15) is 5.10 Å². The van der Waals surface area contributed by atoms with Crippen LogP contribution < -0.4 is 5.32 Å². The maximum atomic E-state index is 4.29. The zero-order chi connectivity index (χ0) is 12.1. The van der Waals surface area contributed by atoms with Gasteiger partial charge >= 0.3 is 0 Å². The lowest BCUT2D eigenvalue weighted by atomic mass is 9.92. The van der Waals surface area contributed by atoms with E-state index in [2.05, 4.69) is 29.5 Å². The van der Waals surface area contributed by atoms with E-state index in [9.17, 15) is 0 Å². The van der Waals surface area contributed by atoms with Gasteiger partial charge in [-0.25, -0.2) is 0 Å². The molecule has 2 rings (SSSR count). The molecule has 3 heteroatoms. The van der Waals surface area contributed by atoms with E-state index >= 15 is 0 Å². The molecule has 0 aromatic carbocycles. The zero-order valence-corrected chi connectivity index (χ0v) is 10.9. The highest BCUT2D eigenvalue weighted by molar-refractivity contribution is 5.23. The minimum Gasteiger partial charge on any atom is -0.305 e. The molecule has 1 atom stereocenters. The van der Waals surface area contributed by atoms with E-state index < -0.39 is 0 Å². The van der Waals surface area contributed by atoms with E-state index in [0.29, 0.717) is 6.04 Å². The van der Waals surface area contributed by atoms with Crippen LogP contribution in [0.2, 0.25) is 0 Å². The molecule has 17 heavy (non-hydrogen) atoms. The quantitative estimate of drug-likeness (QED) is 0.792. The SMILES string of the molecule is CCCNC(C1=CCCCC1)c1ccnn1C. The first kappa shape index (κ1) is 12.4. The van der Waals surface area contributed by atoms with Crippen LogP contribution in [0.3, 0.4) is 0 Å². The lowest BCUT2D eigenvalue weighted by molar-refractivity contribution is 0.515. The Morgan fingerprint density at radius 3 is 2.94 bits per heavy atom. The fourth-order valence-corrected chi connectivity index (χ4v) is 2.51. The second kappa shape index (κ2) is 6.01. The normalized spacial score (nSPS) is 17.9. The smallest absolute Gasteiger partial charge is 0.0707 e. The fraction of sp³-hybridized carbons (Fsp3) is 0.643. The Morgan fingerprint density at radius 2 is 2.35 bits per heavy atom. The molecule has 0 radical (unpaired) electrons. The summed E-state index contributed by atoms with van der Waals surface area (Å²) in [5.74, 6) is 0. The summed E-state index contributed by atoms with van der Waals surface area (Å²) in [6.45, 7) is 3.27. The molecule has 94 valence electrons. The van der Waals surface area contributed by atoms with Gasteiger partial charge < -0.3 is 5.32 Å². The molecule has 1 aromatic heterocycles. The molecule has 1 aromatic rings. The highest BCUT2D eigenvalue weighted by atomic mass is 15.3. The standard InChI is InChI=1S/C14H23N3/c1-3-10-15-14(12-7-5-4-6-8-12)13-9-11-16-17(13)2/h7,9,11,14-15H,3-6,8,10H2,1-2H3. The van der Waals surface area contributed by atoms with E-state index in [1.807, 2.05) is 17.9 Å². The average molecular weight is 233 g/mol. The topological polar surface area (TPSA) is 29.9 Å². The number of hydrogen-bond acceptors (Lipinski definition) is 2. The van der Waals surface area contributed by atoms with Gasteiger partial charge in [0.2, 0.25) is 0 Å².